The van der Waals surface area contributed by atoms with Gasteiger partial charge in [-0.1, -0.05) is 19.9 Å². The SMILES string of the molecule is C=C=CCc1c(N(C)CCCC)nc[nH]c1=O. The van der Waals surface area contributed by atoms with Crippen LogP contribution in [0.3, 0.4) is 0 Å². The van der Waals surface area contributed by atoms with Crippen LogP contribution in [0.1, 0.15) is 25.3 Å². The molecule has 92 valence electrons. The molecule has 17 heavy (non-hydrogen) atoms. The molecule has 0 bridgehead atoms. The lowest BCUT2D eigenvalue weighted by Gasteiger charge is -2.19. The summed E-state index contributed by atoms with van der Waals surface area (Å²) in [5.74, 6) is 0.744. The number of unbranched alkanes of at least 4 members (excludes halogenated alkanes) is 1. The lowest BCUT2D eigenvalue weighted by atomic mass is 10.2. The molecule has 0 saturated carbocycles. The Morgan fingerprint density at radius 1 is 1.65 bits per heavy atom. The summed E-state index contributed by atoms with van der Waals surface area (Å²) in [4.78, 5) is 20.6. The van der Waals surface area contributed by atoms with E-state index in [1.165, 1.54) is 6.33 Å². The first-order chi connectivity index (χ1) is 8.20. The molecule has 0 saturated heterocycles. The molecule has 1 aromatic heterocycles. The number of hydrogen-bond donors (Lipinski definition) is 1. The predicted octanol–water partition coefficient (Wildman–Crippen LogP) is 1.89. The third kappa shape index (κ3) is 3.61. The van der Waals surface area contributed by atoms with E-state index in [1.54, 1.807) is 6.08 Å². The van der Waals surface area contributed by atoms with Crippen molar-refractivity contribution in [3.05, 3.63) is 40.6 Å². The molecule has 0 fully saturated rings. The first-order valence-corrected chi connectivity index (χ1v) is 5.82. The van der Waals surface area contributed by atoms with Crippen LogP contribution in [0, 0.1) is 0 Å². The van der Waals surface area contributed by atoms with Gasteiger partial charge in [0.05, 0.1) is 11.9 Å². The quantitative estimate of drug-likeness (QED) is 0.763. The minimum absolute atomic E-state index is 0.0927. The Balaban J connectivity index is 3.00. The topological polar surface area (TPSA) is 49.0 Å². The van der Waals surface area contributed by atoms with Gasteiger partial charge in [0.15, 0.2) is 0 Å². The number of nitrogens with one attached hydrogen (secondary N) is 1. The van der Waals surface area contributed by atoms with Gasteiger partial charge in [-0.25, -0.2) is 4.98 Å². The van der Waals surface area contributed by atoms with Crippen LogP contribution in [0.5, 0.6) is 0 Å². The summed E-state index contributed by atoms with van der Waals surface area (Å²) in [6.07, 6.45) is 5.90. The van der Waals surface area contributed by atoms with Crippen molar-refractivity contribution < 1.29 is 0 Å². The van der Waals surface area contributed by atoms with E-state index in [2.05, 4.69) is 29.2 Å². The van der Waals surface area contributed by atoms with Crippen molar-refractivity contribution in [2.24, 2.45) is 0 Å². The Labute approximate surface area is 102 Å². The smallest absolute Gasteiger partial charge is 0.256 e. The van der Waals surface area contributed by atoms with E-state index in [1.807, 2.05) is 11.9 Å². The van der Waals surface area contributed by atoms with E-state index in [0.717, 1.165) is 25.2 Å². The van der Waals surface area contributed by atoms with Crippen LogP contribution in [0.25, 0.3) is 0 Å². The second-order valence-electron chi connectivity index (χ2n) is 3.92. The molecule has 1 aromatic rings. The average molecular weight is 233 g/mol. The van der Waals surface area contributed by atoms with Crippen molar-refractivity contribution in [1.82, 2.24) is 9.97 Å². The Morgan fingerprint density at radius 2 is 2.41 bits per heavy atom. The number of nitrogens with zero attached hydrogens (tertiary/aromatic N) is 2. The van der Waals surface area contributed by atoms with Crippen LogP contribution in [0.15, 0.2) is 29.5 Å². The average Bonchev–Trinajstić information content (AvgIpc) is 2.34. The fourth-order valence-electron chi connectivity index (χ4n) is 1.61. The minimum atomic E-state index is -0.0927. The minimum Gasteiger partial charge on any atom is -0.359 e. The first-order valence-electron chi connectivity index (χ1n) is 5.82. The molecule has 0 spiro atoms. The molecule has 0 amide bonds. The van der Waals surface area contributed by atoms with Gasteiger partial charge < -0.3 is 9.88 Å². The van der Waals surface area contributed by atoms with Crippen LogP contribution >= 0.6 is 0 Å². The van der Waals surface area contributed by atoms with Crippen molar-refractivity contribution in [3.63, 3.8) is 0 Å². The number of aromatic amines is 1. The fraction of sp³-hybridized carbons (Fsp3) is 0.462. The van der Waals surface area contributed by atoms with Gasteiger partial charge in [0, 0.05) is 20.0 Å². The molecule has 1 heterocycles. The number of rotatable bonds is 6. The number of aromatic nitrogens is 2. The van der Waals surface area contributed by atoms with E-state index < -0.39 is 0 Å². The van der Waals surface area contributed by atoms with Gasteiger partial charge in [-0.05, 0) is 12.5 Å². The summed E-state index contributed by atoms with van der Waals surface area (Å²) >= 11 is 0. The molecule has 0 aliphatic carbocycles. The first kappa shape index (κ1) is 13.3. The number of H-pyrrole nitrogens is 1. The van der Waals surface area contributed by atoms with E-state index in [9.17, 15) is 4.79 Å². The zero-order valence-corrected chi connectivity index (χ0v) is 10.5. The third-order valence-electron chi connectivity index (χ3n) is 2.59. The van der Waals surface area contributed by atoms with Gasteiger partial charge in [0.25, 0.3) is 5.56 Å². The zero-order valence-electron chi connectivity index (χ0n) is 10.5. The molecule has 4 nitrogen and oxygen atoms in total. The zero-order chi connectivity index (χ0) is 12.7. The normalized spacial score (nSPS) is 9.76. The van der Waals surface area contributed by atoms with E-state index >= 15 is 0 Å². The Morgan fingerprint density at radius 3 is 3.06 bits per heavy atom. The van der Waals surface area contributed by atoms with Crippen LogP contribution in [0.4, 0.5) is 5.82 Å². The highest BCUT2D eigenvalue weighted by molar-refractivity contribution is 5.45. The maximum atomic E-state index is 11.7. The molecular formula is C13H19N3O. The van der Waals surface area contributed by atoms with E-state index in [-0.39, 0.29) is 5.56 Å². The molecular weight excluding hydrogens is 214 g/mol. The van der Waals surface area contributed by atoms with Crippen LogP contribution in [-0.2, 0) is 6.42 Å². The van der Waals surface area contributed by atoms with E-state index in [0.29, 0.717) is 12.0 Å². The summed E-state index contributed by atoms with van der Waals surface area (Å²) in [6.45, 7) is 6.54. The molecule has 0 unspecified atom stereocenters. The molecule has 0 aliphatic rings. The molecule has 0 atom stereocenters. The highest BCUT2D eigenvalue weighted by atomic mass is 16.1. The third-order valence-corrected chi connectivity index (χ3v) is 2.59. The van der Waals surface area contributed by atoms with Crippen LogP contribution < -0.4 is 10.5 Å². The monoisotopic (exact) mass is 233 g/mol. The maximum Gasteiger partial charge on any atom is 0.256 e. The molecule has 0 aliphatic heterocycles. The van der Waals surface area contributed by atoms with Crippen molar-refractivity contribution in [3.8, 4) is 0 Å². The highest BCUT2D eigenvalue weighted by Gasteiger charge is 2.11. The molecule has 4 heteroatoms. The van der Waals surface area contributed by atoms with Gasteiger partial charge in [-0.3, -0.25) is 4.79 Å². The molecule has 1 N–H and O–H groups in total. The Hall–Kier alpha value is -1.80. The van der Waals surface area contributed by atoms with Gasteiger partial charge in [0.1, 0.15) is 5.82 Å². The van der Waals surface area contributed by atoms with Crippen molar-refractivity contribution >= 4 is 5.82 Å². The van der Waals surface area contributed by atoms with Crippen molar-refractivity contribution in [1.29, 1.82) is 0 Å². The standard InChI is InChI=1S/C13H19N3O/c1-4-6-8-11-12(14-10-15-13(11)17)16(3)9-7-5-2/h6,10H,1,5,7-9H2,2-3H3,(H,14,15,17). The highest BCUT2D eigenvalue weighted by Crippen LogP contribution is 2.13. The number of hydrogen-bond acceptors (Lipinski definition) is 3. The molecule has 1 rings (SSSR count). The Bertz CT molecular complexity index is 458. The lowest BCUT2D eigenvalue weighted by molar-refractivity contribution is 0.753. The van der Waals surface area contributed by atoms with Gasteiger partial charge in [0.2, 0.25) is 0 Å². The summed E-state index contributed by atoms with van der Waals surface area (Å²) in [7, 11) is 1.96. The van der Waals surface area contributed by atoms with Crippen molar-refractivity contribution in [2.45, 2.75) is 26.2 Å². The second-order valence-corrected chi connectivity index (χ2v) is 3.92. The van der Waals surface area contributed by atoms with Crippen LogP contribution in [0.2, 0.25) is 0 Å². The van der Waals surface area contributed by atoms with Crippen LogP contribution in [-0.4, -0.2) is 23.6 Å². The van der Waals surface area contributed by atoms with Gasteiger partial charge >= 0.3 is 0 Å². The summed E-state index contributed by atoms with van der Waals surface area (Å²) in [5.41, 5.74) is 3.25. The summed E-state index contributed by atoms with van der Waals surface area (Å²) in [6, 6.07) is 0. The molecule has 0 aromatic carbocycles. The lowest BCUT2D eigenvalue weighted by Crippen LogP contribution is -2.25. The van der Waals surface area contributed by atoms with Crippen molar-refractivity contribution in [2.75, 3.05) is 18.5 Å². The maximum absolute atomic E-state index is 11.7. The molecule has 0 radical (unpaired) electrons. The van der Waals surface area contributed by atoms with Gasteiger partial charge in [-0.2, -0.15) is 0 Å². The summed E-state index contributed by atoms with van der Waals surface area (Å²) in [5, 5.41) is 0. The largest absolute Gasteiger partial charge is 0.359 e. The fourth-order valence-corrected chi connectivity index (χ4v) is 1.61. The number of anilines is 1. The van der Waals surface area contributed by atoms with Gasteiger partial charge in [-0.15, -0.1) is 5.73 Å². The summed E-state index contributed by atoms with van der Waals surface area (Å²) < 4.78 is 0. The number of allylic oxidation sites excluding steroid dienone is 1. The second kappa shape index (κ2) is 6.71. The predicted molar refractivity (Wildman–Crippen MR) is 70.4 cm³/mol. The van der Waals surface area contributed by atoms with E-state index in [4.69, 9.17) is 0 Å². The Kier molecular flexibility index (Phi) is 5.24.